The van der Waals surface area contributed by atoms with Crippen molar-refractivity contribution in [3.8, 4) is 5.75 Å². The SMILES string of the molecule is CN(C)CCn1ncc(O)c1Cl. The predicted molar refractivity (Wildman–Crippen MR) is 47.5 cm³/mol. The van der Waals surface area contributed by atoms with E-state index in [1.54, 1.807) is 4.68 Å². The third-order valence-corrected chi connectivity index (χ3v) is 1.91. The van der Waals surface area contributed by atoms with Crippen LogP contribution < -0.4 is 0 Å². The number of rotatable bonds is 3. The van der Waals surface area contributed by atoms with Gasteiger partial charge in [-0.25, -0.2) is 4.68 Å². The van der Waals surface area contributed by atoms with E-state index in [2.05, 4.69) is 5.10 Å². The smallest absolute Gasteiger partial charge is 0.172 e. The number of aromatic hydroxyl groups is 1. The monoisotopic (exact) mass is 189 g/mol. The van der Waals surface area contributed by atoms with Crippen LogP contribution in [0.5, 0.6) is 5.75 Å². The van der Waals surface area contributed by atoms with Gasteiger partial charge in [0.05, 0.1) is 12.7 Å². The molecule has 1 N–H and O–H groups in total. The van der Waals surface area contributed by atoms with E-state index in [1.807, 2.05) is 19.0 Å². The second-order valence-electron chi connectivity index (χ2n) is 2.85. The maximum absolute atomic E-state index is 9.08. The fraction of sp³-hybridized carbons (Fsp3) is 0.571. The zero-order chi connectivity index (χ0) is 9.14. The number of aromatic nitrogens is 2. The lowest BCUT2D eigenvalue weighted by atomic mass is 10.6. The Hall–Kier alpha value is -0.740. The van der Waals surface area contributed by atoms with Gasteiger partial charge in [0.15, 0.2) is 10.9 Å². The average molecular weight is 190 g/mol. The molecule has 1 heterocycles. The van der Waals surface area contributed by atoms with Crippen molar-refractivity contribution in [1.29, 1.82) is 0 Å². The maximum Gasteiger partial charge on any atom is 0.172 e. The lowest BCUT2D eigenvalue weighted by molar-refractivity contribution is 0.372. The van der Waals surface area contributed by atoms with E-state index in [1.165, 1.54) is 6.20 Å². The highest BCUT2D eigenvalue weighted by atomic mass is 35.5. The number of likely N-dealkylation sites (N-methyl/N-ethyl adjacent to an activating group) is 1. The van der Waals surface area contributed by atoms with Gasteiger partial charge in [0.2, 0.25) is 0 Å². The van der Waals surface area contributed by atoms with Gasteiger partial charge in [-0.3, -0.25) is 0 Å². The summed E-state index contributed by atoms with van der Waals surface area (Å²) in [6.07, 6.45) is 1.35. The molecular formula is C7H12ClN3O. The van der Waals surface area contributed by atoms with E-state index in [4.69, 9.17) is 16.7 Å². The van der Waals surface area contributed by atoms with Gasteiger partial charge in [-0.15, -0.1) is 0 Å². The van der Waals surface area contributed by atoms with Crippen LogP contribution in [-0.2, 0) is 6.54 Å². The Morgan fingerprint density at radius 3 is 2.75 bits per heavy atom. The van der Waals surface area contributed by atoms with Crippen molar-refractivity contribution in [3.05, 3.63) is 11.3 Å². The molecule has 68 valence electrons. The zero-order valence-electron chi connectivity index (χ0n) is 7.16. The molecular weight excluding hydrogens is 178 g/mol. The second kappa shape index (κ2) is 3.78. The van der Waals surface area contributed by atoms with Crippen LogP contribution in [0.3, 0.4) is 0 Å². The molecule has 0 fully saturated rings. The lowest BCUT2D eigenvalue weighted by Crippen LogP contribution is -2.18. The average Bonchev–Trinajstić information content (AvgIpc) is 2.30. The Morgan fingerprint density at radius 2 is 2.33 bits per heavy atom. The molecule has 0 amide bonds. The molecule has 0 spiro atoms. The Kier molecular flexibility index (Phi) is 2.94. The first kappa shape index (κ1) is 9.35. The number of hydrogen-bond donors (Lipinski definition) is 1. The predicted octanol–water partition coefficient (Wildman–Crippen LogP) is 0.804. The molecule has 0 aliphatic heterocycles. The van der Waals surface area contributed by atoms with E-state index < -0.39 is 0 Å². The Morgan fingerprint density at radius 1 is 1.67 bits per heavy atom. The van der Waals surface area contributed by atoms with E-state index in [-0.39, 0.29) is 5.75 Å². The number of nitrogens with zero attached hydrogens (tertiary/aromatic N) is 3. The molecule has 0 atom stereocenters. The minimum absolute atomic E-state index is 0.0374. The normalized spacial score (nSPS) is 11.0. The maximum atomic E-state index is 9.08. The second-order valence-corrected chi connectivity index (χ2v) is 3.21. The van der Waals surface area contributed by atoms with Crippen LogP contribution >= 0.6 is 11.6 Å². The topological polar surface area (TPSA) is 41.3 Å². The summed E-state index contributed by atoms with van der Waals surface area (Å²) in [6.45, 7) is 1.53. The summed E-state index contributed by atoms with van der Waals surface area (Å²) >= 11 is 5.72. The molecule has 12 heavy (non-hydrogen) atoms. The van der Waals surface area contributed by atoms with Crippen molar-refractivity contribution >= 4 is 11.6 Å². The third kappa shape index (κ3) is 2.12. The van der Waals surface area contributed by atoms with Crippen LogP contribution in [0.4, 0.5) is 0 Å². The first-order chi connectivity index (χ1) is 5.61. The molecule has 1 rings (SSSR count). The summed E-state index contributed by atoms with van der Waals surface area (Å²) in [5.74, 6) is 0.0374. The molecule has 0 aliphatic rings. The molecule has 0 saturated heterocycles. The fourth-order valence-electron chi connectivity index (χ4n) is 0.811. The minimum atomic E-state index is 0.0374. The summed E-state index contributed by atoms with van der Waals surface area (Å²) < 4.78 is 1.57. The highest BCUT2D eigenvalue weighted by Crippen LogP contribution is 2.20. The molecule has 1 aromatic heterocycles. The summed E-state index contributed by atoms with van der Waals surface area (Å²) in [7, 11) is 3.94. The Balaban J connectivity index is 2.58. The van der Waals surface area contributed by atoms with E-state index in [0.717, 1.165) is 6.54 Å². The molecule has 0 radical (unpaired) electrons. The van der Waals surface area contributed by atoms with Crippen molar-refractivity contribution < 1.29 is 5.11 Å². The Labute approximate surface area is 76.4 Å². The van der Waals surface area contributed by atoms with Crippen LogP contribution in [0.25, 0.3) is 0 Å². The van der Waals surface area contributed by atoms with E-state index >= 15 is 0 Å². The van der Waals surface area contributed by atoms with Crippen LogP contribution in [0.2, 0.25) is 5.15 Å². The first-order valence-corrected chi connectivity index (χ1v) is 4.04. The van der Waals surface area contributed by atoms with Crippen molar-refractivity contribution in [1.82, 2.24) is 14.7 Å². The van der Waals surface area contributed by atoms with Crippen molar-refractivity contribution in [3.63, 3.8) is 0 Å². The molecule has 0 unspecified atom stereocenters. The molecule has 5 heteroatoms. The highest BCUT2D eigenvalue weighted by Gasteiger charge is 2.05. The van der Waals surface area contributed by atoms with Crippen LogP contribution in [-0.4, -0.2) is 40.4 Å². The van der Waals surface area contributed by atoms with Crippen LogP contribution in [0.15, 0.2) is 6.20 Å². The van der Waals surface area contributed by atoms with Crippen molar-refractivity contribution in [2.45, 2.75) is 6.54 Å². The zero-order valence-corrected chi connectivity index (χ0v) is 7.91. The van der Waals surface area contributed by atoms with Gasteiger partial charge < -0.3 is 10.0 Å². The molecule has 1 aromatic rings. The molecule has 0 aliphatic carbocycles. The summed E-state index contributed by atoms with van der Waals surface area (Å²) in [5.41, 5.74) is 0. The van der Waals surface area contributed by atoms with E-state index in [9.17, 15) is 0 Å². The van der Waals surface area contributed by atoms with Gasteiger partial charge in [0.1, 0.15) is 0 Å². The lowest BCUT2D eigenvalue weighted by Gasteiger charge is -2.09. The van der Waals surface area contributed by atoms with Gasteiger partial charge in [0.25, 0.3) is 0 Å². The van der Waals surface area contributed by atoms with Gasteiger partial charge in [-0.05, 0) is 14.1 Å². The van der Waals surface area contributed by atoms with Gasteiger partial charge >= 0.3 is 0 Å². The fourth-order valence-corrected chi connectivity index (χ4v) is 0.988. The molecule has 0 aromatic carbocycles. The molecule has 4 nitrogen and oxygen atoms in total. The quantitative estimate of drug-likeness (QED) is 0.765. The van der Waals surface area contributed by atoms with Crippen molar-refractivity contribution in [2.24, 2.45) is 0 Å². The van der Waals surface area contributed by atoms with Crippen molar-refractivity contribution in [2.75, 3.05) is 20.6 Å². The minimum Gasteiger partial charge on any atom is -0.504 e. The third-order valence-electron chi connectivity index (χ3n) is 1.52. The van der Waals surface area contributed by atoms with Gasteiger partial charge in [-0.1, -0.05) is 11.6 Å². The molecule has 0 bridgehead atoms. The molecule has 0 saturated carbocycles. The highest BCUT2D eigenvalue weighted by molar-refractivity contribution is 6.30. The Bertz CT molecular complexity index is 259. The van der Waals surface area contributed by atoms with Gasteiger partial charge in [0, 0.05) is 6.54 Å². The largest absolute Gasteiger partial charge is 0.504 e. The summed E-state index contributed by atoms with van der Waals surface area (Å²) in [6, 6.07) is 0. The number of hydrogen-bond acceptors (Lipinski definition) is 3. The summed E-state index contributed by atoms with van der Waals surface area (Å²) in [4.78, 5) is 2.02. The van der Waals surface area contributed by atoms with E-state index in [0.29, 0.717) is 11.7 Å². The van der Waals surface area contributed by atoms with Crippen LogP contribution in [0.1, 0.15) is 0 Å². The number of halogens is 1. The standard InChI is InChI=1S/C7H12ClN3O/c1-10(2)3-4-11-7(8)6(12)5-9-11/h5,12H,3-4H2,1-2H3. The first-order valence-electron chi connectivity index (χ1n) is 3.66. The van der Waals surface area contributed by atoms with Gasteiger partial charge in [-0.2, -0.15) is 5.10 Å². The van der Waals surface area contributed by atoms with Crippen LogP contribution in [0, 0.1) is 0 Å². The summed E-state index contributed by atoms with van der Waals surface area (Å²) in [5, 5.41) is 13.3.